The summed E-state index contributed by atoms with van der Waals surface area (Å²) in [5.74, 6) is -2.99. The Morgan fingerprint density at radius 1 is 1.20 bits per heavy atom. The number of benzene rings is 1. The summed E-state index contributed by atoms with van der Waals surface area (Å²) in [7, 11) is 0. The fourth-order valence-electron chi connectivity index (χ4n) is 2.29. The van der Waals surface area contributed by atoms with Crippen molar-refractivity contribution in [3.63, 3.8) is 0 Å². The number of nitrogens with one attached hydrogen (secondary N) is 1. The van der Waals surface area contributed by atoms with Crippen LogP contribution in [0.3, 0.4) is 0 Å². The first-order valence-corrected chi connectivity index (χ1v) is 7.41. The summed E-state index contributed by atoms with van der Waals surface area (Å²) in [5, 5.41) is 4.39. The van der Waals surface area contributed by atoms with Crippen LogP contribution in [0.4, 0.5) is 8.78 Å². The van der Waals surface area contributed by atoms with Crippen LogP contribution in [0.15, 0.2) is 35.5 Å². The Kier molecular flexibility index (Phi) is 3.86. The second-order valence-corrected chi connectivity index (χ2v) is 6.45. The molecule has 2 heterocycles. The van der Waals surface area contributed by atoms with Crippen molar-refractivity contribution in [2.24, 2.45) is 0 Å². The van der Waals surface area contributed by atoms with Crippen LogP contribution in [0.2, 0.25) is 0 Å². The summed E-state index contributed by atoms with van der Waals surface area (Å²) in [6, 6.07) is 2.70. The molecule has 0 spiro atoms. The average molecular weight is 347 g/mol. The van der Waals surface area contributed by atoms with Crippen molar-refractivity contribution >= 4 is 16.9 Å². The van der Waals surface area contributed by atoms with Gasteiger partial charge in [-0.05, 0) is 39.0 Å². The van der Waals surface area contributed by atoms with Crippen molar-refractivity contribution in [3.05, 3.63) is 58.3 Å². The zero-order valence-corrected chi connectivity index (χ0v) is 13.7. The molecule has 0 aliphatic heterocycles. The van der Waals surface area contributed by atoms with Crippen molar-refractivity contribution < 1.29 is 13.6 Å². The first kappa shape index (κ1) is 16.7. The molecule has 3 rings (SSSR count). The molecule has 25 heavy (non-hydrogen) atoms. The lowest BCUT2D eigenvalue weighted by atomic mass is 10.1. The zero-order chi connectivity index (χ0) is 18.4. The minimum atomic E-state index is -1.15. The van der Waals surface area contributed by atoms with Gasteiger partial charge < -0.3 is 0 Å². The summed E-state index contributed by atoms with van der Waals surface area (Å²) in [4.78, 5) is 28.8. The lowest BCUT2D eigenvalue weighted by Gasteiger charge is -2.19. The van der Waals surface area contributed by atoms with E-state index < -0.39 is 23.1 Å². The van der Waals surface area contributed by atoms with Gasteiger partial charge in [0.15, 0.2) is 17.3 Å². The predicted molar refractivity (Wildman–Crippen MR) is 86.8 cm³/mol. The second kappa shape index (κ2) is 5.76. The fraction of sp³-hybridized carbons (Fsp3) is 0.250. The van der Waals surface area contributed by atoms with Crippen molar-refractivity contribution in [2.45, 2.75) is 26.3 Å². The third-order valence-corrected chi connectivity index (χ3v) is 3.53. The van der Waals surface area contributed by atoms with Gasteiger partial charge in [-0.1, -0.05) is 0 Å². The van der Waals surface area contributed by atoms with E-state index in [2.05, 4.69) is 15.5 Å². The van der Waals surface area contributed by atoms with Gasteiger partial charge in [-0.3, -0.25) is 15.0 Å². The number of hydrogen-bond acceptors (Lipinski definition) is 4. The summed E-state index contributed by atoms with van der Waals surface area (Å²) < 4.78 is 28.7. The molecule has 1 aromatic carbocycles. The summed E-state index contributed by atoms with van der Waals surface area (Å²) in [6.07, 6.45) is 2.52. The monoisotopic (exact) mass is 347 g/mol. The summed E-state index contributed by atoms with van der Waals surface area (Å²) in [6.45, 7) is 5.74. The quantitative estimate of drug-likeness (QED) is 0.769. The maximum atomic E-state index is 13.2. The highest BCUT2D eigenvalue weighted by atomic mass is 19.2. The molecule has 7 nitrogen and oxygen atoms in total. The zero-order valence-electron chi connectivity index (χ0n) is 13.7. The smallest absolute Gasteiger partial charge is 0.267 e. The van der Waals surface area contributed by atoms with Gasteiger partial charge in [0.1, 0.15) is 11.7 Å². The van der Waals surface area contributed by atoms with Gasteiger partial charge in [0.2, 0.25) is 0 Å². The number of hydrogen-bond donors (Lipinski definition) is 1. The Labute approximate surface area is 140 Å². The van der Waals surface area contributed by atoms with Crippen LogP contribution >= 0.6 is 0 Å². The third kappa shape index (κ3) is 3.00. The molecular formula is C16H15F2N5O2. The largest absolute Gasteiger partial charge is 0.283 e. The Bertz CT molecular complexity index is 1030. The number of halogens is 2. The van der Waals surface area contributed by atoms with E-state index in [0.717, 1.165) is 29.2 Å². The van der Waals surface area contributed by atoms with E-state index in [4.69, 9.17) is 0 Å². The van der Waals surface area contributed by atoms with E-state index in [9.17, 15) is 18.4 Å². The molecule has 0 radical (unpaired) electrons. The number of nitrogens with zero attached hydrogens (tertiary/aromatic N) is 4. The van der Waals surface area contributed by atoms with Crippen LogP contribution in [0.5, 0.6) is 0 Å². The van der Waals surface area contributed by atoms with Gasteiger partial charge in [0, 0.05) is 5.56 Å². The molecule has 0 atom stereocenters. The Balaban J connectivity index is 1.97. The molecule has 9 heteroatoms. The molecule has 0 fully saturated rings. The lowest BCUT2D eigenvalue weighted by Crippen LogP contribution is -2.33. The van der Waals surface area contributed by atoms with Gasteiger partial charge in [-0.15, -0.1) is 0 Å². The van der Waals surface area contributed by atoms with E-state index in [1.54, 1.807) is 4.68 Å². The number of amides is 1. The summed E-state index contributed by atoms with van der Waals surface area (Å²) >= 11 is 0. The lowest BCUT2D eigenvalue weighted by molar-refractivity contribution is 0.101. The highest BCUT2D eigenvalue weighted by Gasteiger charge is 2.20. The van der Waals surface area contributed by atoms with Gasteiger partial charge in [-0.25, -0.2) is 23.1 Å². The molecule has 1 amide bonds. The van der Waals surface area contributed by atoms with Gasteiger partial charge in [-0.2, -0.15) is 5.10 Å². The van der Waals surface area contributed by atoms with Crippen LogP contribution in [-0.4, -0.2) is 25.3 Å². The van der Waals surface area contributed by atoms with Gasteiger partial charge in [0.25, 0.3) is 11.5 Å². The van der Waals surface area contributed by atoms with Crippen LogP contribution in [-0.2, 0) is 5.54 Å². The van der Waals surface area contributed by atoms with Crippen molar-refractivity contribution in [1.82, 2.24) is 19.4 Å². The number of rotatable bonds is 2. The minimum Gasteiger partial charge on any atom is -0.267 e. The topological polar surface area (TPSA) is 81.8 Å². The normalized spacial score (nSPS) is 11.7. The average Bonchev–Trinajstić information content (AvgIpc) is 2.97. The van der Waals surface area contributed by atoms with Gasteiger partial charge >= 0.3 is 0 Å². The van der Waals surface area contributed by atoms with Crippen LogP contribution < -0.4 is 11.0 Å². The number of carbonyl (C=O) groups excluding carboxylic acids is 1. The Morgan fingerprint density at radius 3 is 2.56 bits per heavy atom. The highest BCUT2D eigenvalue weighted by Crippen LogP contribution is 2.17. The van der Waals surface area contributed by atoms with Crippen LogP contribution in [0.25, 0.3) is 11.0 Å². The maximum Gasteiger partial charge on any atom is 0.283 e. The van der Waals surface area contributed by atoms with E-state index in [1.807, 2.05) is 20.8 Å². The van der Waals surface area contributed by atoms with E-state index in [-0.39, 0.29) is 16.5 Å². The Morgan fingerprint density at radius 2 is 1.92 bits per heavy atom. The molecular weight excluding hydrogens is 332 g/mol. The first-order chi connectivity index (χ1) is 11.7. The molecule has 0 saturated heterocycles. The Hall–Kier alpha value is -3.10. The van der Waals surface area contributed by atoms with Crippen LogP contribution in [0, 0.1) is 11.6 Å². The van der Waals surface area contributed by atoms with Crippen molar-refractivity contribution in [1.29, 1.82) is 0 Å². The van der Waals surface area contributed by atoms with Crippen LogP contribution in [0.1, 0.15) is 31.1 Å². The molecule has 0 saturated carbocycles. The van der Waals surface area contributed by atoms with E-state index in [1.165, 1.54) is 6.20 Å². The SMILES string of the molecule is CC(C)(C)n1ncc2c(=O)n(NC(=O)c3ccc(F)c(F)c3)cnc21. The molecule has 3 aromatic rings. The fourth-order valence-corrected chi connectivity index (χ4v) is 2.29. The molecule has 0 aliphatic rings. The van der Waals surface area contributed by atoms with Crippen molar-refractivity contribution in [2.75, 3.05) is 5.43 Å². The second-order valence-electron chi connectivity index (χ2n) is 6.45. The first-order valence-electron chi connectivity index (χ1n) is 7.41. The van der Waals surface area contributed by atoms with E-state index in [0.29, 0.717) is 5.65 Å². The third-order valence-electron chi connectivity index (χ3n) is 3.53. The molecule has 2 aromatic heterocycles. The highest BCUT2D eigenvalue weighted by molar-refractivity contribution is 6.00. The minimum absolute atomic E-state index is 0.128. The molecule has 0 bridgehead atoms. The number of carbonyl (C=O) groups is 1. The molecule has 0 aliphatic carbocycles. The van der Waals surface area contributed by atoms with Gasteiger partial charge in [0.05, 0.1) is 11.7 Å². The number of fused-ring (bicyclic) bond motifs is 1. The van der Waals surface area contributed by atoms with E-state index >= 15 is 0 Å². The number of aromatic nitrogens is 4. The standard InChI is InChI=1S/C16H15F2N5O2/c1-16(2,3)23-13-10(7-20-23)15(25)22(8-19-13)21-14(24)9-4-5-11(17)12(18)6-9/h4-8H,1-3H3,(H,21,24). The summed E-state index contributed by atoms with van der Waals surface area (Å²) in [5.41, 5.74) is 1.64. The van der Waals surface area contributed by atoms with Crippen molar-refractivity contribution in [3.8, 4) is 0 Å². The maximum absolute atomic E-state index is 13.2. The predicted octanol–water partition coefficient (Wildman–Crippen LogP) is 2.01. The molecule has 130 valence electrons. The molecule has 1 N–H and O–H groups in total. The molecule has 0 unspecified atom stereocenters.